The summed E-state index contributed by atoms with van der Waals surface area (Å²) >= 11 is 7.70. The van der Waals surface area contributed by atoms with E-state index in [1.807, 2.05) is 24.4 Å². The van der Waals surface area contributed by atoms with Crippen LogP contribution in [0.25, 0.3) is 10.9 Å². The second kappa shape index (κ2) is 6.84. The van der Waals surface area contributed by atoms with E-state index in [4.69, 9.17) is 11.6 Å². The van der Waals surface area contributed by atoms with Crippen LogP contribution in [-0.4, -0.2) is 27.3 Å². The Bertz CT molecular complexity index is 885. The lowest BCUT2D eigenvalue weighted by Gasteiger charge is -2.20. The summed E-state index contributed by atoms with van der Waals surface area (Å²) in [5.74, 6) is 0.431. The molecule has 1 aliphatic heterocycles. The van der Waals surface area contributed by atoms with E-state index in [2.05, 4.69) is 20.0 Å². The number of benzene rings is 1. The highest BCUT2D eigenvalue weighted by atomic mass is 35.5. The van der Waals surface area contributed by atoms with E-state index in [1.165, 1.54) is 11.3 Å². The van der Waals surface area contributed by atoms with Crippen LogP contribution in [0.1, 0.15) is 23.8 Å². The monoisotopic (exact) mass is 380 g/mol. The molecule has 0 bridgehead atoms. The van der Waals surface area contributed by atoms with Crippen molar-refractivity contribution in [1.82, 2.24) is 15.3 Å². The minimum Gasteiger partial charge on any atom is -0.359 e. The molecule has 24 heavy (non-hydrogen) atoms. The number of aromatic amines is 1. The van der Waals surface area contributed by atoms with Crippen molar-refractivity contribution in [2.75, 3.05) is 17.8 Å². The number of hydrogen-bond acceptors (Lipinski definition) is 4. The van der Waals surface area contributed by atoms with Crippen LogP contribution in [0, 0.1) is 0 Å². The average Bonchev–Trinajstić information content (AvgIpc) is 3.28. The van der Waals surface area contributed by atoms with Crippen molar-refractivity contribution in [3.63, 3.8) is 0 Å². The molecule has 1 fully saturated rings. The second-order valence-corrected chi connectivity index (χ2v) is 8.70. The molecule has 126 valence electrons. The van der Waals surface area contributed by atoms with Gasteiger partial charge < -0.3 is 10.3 Å². The fourth-order valence-electron chi connectivity index (χ4n) is 2.97. The largest absolute Gasteiger partial charge is 0.359 e. The molecule has 3 N–H and O–H groups in total. The summed E-state index contributed by atoms with van der Waals surface area (Å²) in [5.41, 5.74) is 1.63. The number of hydrogen-bond donors (Lipinski definition) is 3. The van der Waals surface area contributed by atoms with Crippen molar-refractivity contribution in [3.05, 3.63) is 40.6 Å². The molecule has 2 atom stereocenters. The van der Waals surface area contributed by atoms with Gasteiger partial charge >= 0.3 is 0 Å². The molecule has 0 saturated carbocycles. The van der Waals surface area contributed by atoms with Crippen LogP contribution in [0.4, 0.5) is 5.69 Å². The lowest BCUT2D eigenvalue weighted by molar-refractivity contribution is 0.460. The van der Waals surface area contributed by atoms with Crippen molar-refractivity contribution in [2.45, 2.75) is 23.0 Å². The summed E-state index contributed by atoms with van der Waals surface area (Å²) in [5, 5.41) is 6.04. The van der Waals surface area contributed by atoms with Gasteiger partial charge in [0.05, 0.1) is 27.4 Å². The van der Waals surface area contributed by atoms with Crippen molar-refractivity contribution in [1.29, 1.82) is 0 Å². The minimum absolute atomic E-state index is 0.431. The zero-order chi connectivity index (χ0) is 16.5. The lowest BCUT2D eigenvalue weighted by atomic mass is 10.0. The van der Waals surface area contributed by atoms with Crippen LogP contribution in [-0.2, 0) is 11.0 Å². The number of fused-ring (bicyclic) bond motifs is 1. The first kappa shape index (κ1) is 16.1. The highest BCUT2D eigenvalue weighted by molar-refractivity contribution is 7.88. The summed E-state index contributed by atoms with van der Waals surface area (Å²) in [6, 6.07) is 5.56. The van der Waals surface area contributed by atoms with Gasteiger partial charge in [-0.1, -0.05) is 11.6 Å². The molecule has 4 rings (SSSR count). The number of halogens is 1. The van der Waals surface area contributed by atoms with Gasteiger partial charge in [0.1, 0.15) is 4.21 Å². The number of anilines is 1. The van der Waals surface area contributed by atoms with E-state index >= 15 is 0 Å². The zero-order valence-electron chi connectivity index (χ0n) is 12.8. The van der Waals surface area contributed by atoms with Gasteiger partial charge in [0.25, 0.3) is 0 Å². The molecule has 2 aromatic heterocycles. The SMILES string of the molecule is O=S(Nc1ccc(Cl)c2cc[nH]c12)c1cnc(C2CCCNC2)s1. The van der Waals surface area contributed by atoms with Crippen LogP contribution in [0.5, 0.6) is 0 Å². The van der Waals surface area contributed by atoms with E-state index in [-0.39, 0.29) is 0 Å². The van der Waals surface area contributed by atoms with Crippen LogP contribution < -0.4 is 10.0 Å². The second-order valence-electron chi connectivity index (χ2n) is 5.79. The zero-order valence-corrected chi connectivity index (χ0v) is 15.2. The smallest absolute Gasteiger partial charge is 0.162 e. The van der Waals surface area contributed by atoms with Crippen molar-refractivity contribution in [3.8, 4) is 0 Å². The molecule has 8 heteroatoms. The maximum absolute atomic E-state index is 12.7. The maximum Gasteiger partial charge on any atom is 0.162 e. The van der Waals surface area contributed by atoms with E-state index in [9.17, 15) is 4.21 Å². The number of rotatable bonds is 4. The van der Waals surface area contributed by atoms with Gasteiger partial charge in [0.2, 0.25) is 0 Å². The summed E-state index contributed by atoms with van der Waals surface area (Å²) < 4.78 is 16.5. The summed E-state index contributed by atoms with van der Waals surface area (Å²) in [6.45, 7) is 2.03. The Morgan fingerprint density at radius 1 is 1.38 bits per heavy atom. The van der Waals surface area contributed by atoms with Gasteiger partial charge in [-0.05, 0) is 37.6 Å². The summed E-state index contributed by atoms with van der Waals surface area (Å²) in [7, 11) is -1.34. The van der Waals surface area contributed by atoms with Gasteiger partial charge in [0.15, 0.2) is 11.0 Å². The van der Waals surface area contributed by atoms with Gasteiger partial charge in [-0.2, -0.15) is 0 Å². The van der Waals surface area contributed by atoms with Gasteiger partial charge in [0, 0.05) is 24.0 Å². The van der Waals surface area contributed by atoms with E-state index < -0.39 is 11.0 Å². The highest BCUT2D eigenvalue weighted by Crippen LogP contribution is 2.32. The van der Waals surface area contributed by atoms with Crippen molar-refractivity contribution < 1.29 is 4.21 Å². The van der Waals surface area contributed by atoms with Crippen LogP contribution in [0.3, 0.4) is 0 Å². The Balaban J connectivity index is 1.54. The maximum atomic E-state index is 12.7. The number of H-pyrrole nitrogens is 1. The van der Waals surface area contributed by atoms with Crippen LogP contribution in [0.2, 0.25) is 5.02 Å². The summed E-state index contributed by atoms with van der Waals surface area (Å²) in [4.78, 5) is 7.63. The van der Waals surface area contributed by atoms with Crippen LogP contribution >= 0.6 is 22.9 Å². The molecule has 0 aliphatic carbocycles. The van der Waals surface area contributed by atoms with Crippen molar-refractivity contribution in [2.24, 2.45) is 0 Å². The van der Waals surface area contributed by atoms with E-state index in [1.54, 1.807) is 6.20 Å². The highest BCUT2D eigenvalue weighted by Gasteiger charge is 2.20. The van der Waals surface area contributed by atoms with E-state index in [0.29, 0.717) is 10.9 Å². The molecule has 1 aliphatic rings. The number of nitrogens with zero attached hydrogens (tertiary/aromatic N) is 1. The molecular weight excluding hydrogens is 364 g/mol. The van der Waals surface area contributed by atoms with Crippen molar-refractivity contribution >= 4 is 50.5 Å². The first-order chi connectivity index (χ1) is 11.7. The molecular formula is C16H17ClN4OS2. The fourth-order valence-corrected chi connectivity index (χ4v) is 5.27. The first-order valence-corrected chi connectivity index (χ1v) is 10.2. The number of thiazole rings is 1. The van der Waals surface area contributed by atoms with E-state index in [0.717, 1.165) is 51.7 Å². The van der Waals surface area contributed by atoms with Gasteiger partial charge in [-0.15, -0.1) is 11.3 Å². The Hall–Kier alpha value is -1.41. The number of nitrogens with one attached hydrogen (secondary N) is 3. The molecule has 0 radical (unpaired) electrons. The molecule has 1 saturated heterocycles. The number of aromatic nitrogens is 2. The topological polar surface area (TPSA) is 69.8 Å². The molecule has 0 spiro atoms. The molecule has 0 amide bonds. The third-order valence-corrected chi connectivity index (χ3v) is 7.07. The Labute approximate surface area is 151 Å². The third kappa shape index (κ3) is 3.09. The third-order valence-electron chi connectivity index (χ3n) is 4.20. The normalized spacial score (nSPS) is 19.5. The van der Waals surface area contributed by atoms with Gasteiger partial charge in [-0.25, -0.2) is 9.19 Å². The predicted octanol–water partition coefficient (Wildman–Crippen LogP) is 3.88. The molecule has 1 aromatic carbocycles. The Morgan fingerprint density at radius 2 is 2.29 bits per heavy atom. The first-order valence-electron chi connectivity index (χ1n) is 7.83. The Morgan fingerprint density at radius 3 is 3.12 bits per heavy atom. The van der Waals surface area contributed by atoms with Crippen LogP contribution in [0.15, 0.2) is 34.8 Å². The average molecular weight is 381 g/mol. The molecule has 3 heterocycles. The standard InChI is InChI=1S/C16H17ClN4OS2/c17-12-3-4-13(15-11(12)5-7-19-15)21-24(22)14-9-20-16(23-14)10-2-1-6-18-8-10/h3-5,7,9-10,18-19,21H,1-2,6,8H2. The van der Waals surface area contributed by atoms with Gasteiger partial charge in [-0.3, -0.25) is 4.72 Å². The Kier molecular flexibility index (Phi) is 4.58. The quantitative estimate of drug-likeness (QED) is 0.643. The molecule has 2 unspecified atom stereocenters. The predicted molar refractivity (Wildman–Crippen MR) is 100 cm³/mol. The lowest BCUT2D eigenvalue weighted by Crippen LogP contribution is -2.28. The fraction of sp³-hybridized carbons (Fsp3) is 0.312. The molecule has 5 nitrogen and oxygen atoms in total. The number of piperidine rings is 1. The molecule has 3 aromatic rings. The minimum atomic E-state index is -1.34. The summed E-state index contributed by atoms with van der Waals surface area (Å²) in [6.07, 6.45) is 5.85.